The van der Waals surface area contributed by atoms with E-state index >= 15 is 0 Å². The van der Waals surface area contributed by atoms with Crippen molar-refractivity contribution < 1.29 is 19.1 Å². The van der Waals surface area contributed by atoms with E-state index in [1.54, 1.807) is 4.90 Å². The highest BCUT2D eigenvalue weighted by atomic mass is 16.6. The fourth-order valence-electron chi connectivity index (χ4n) is 7.19. The van der Waals surface area contributed by atoms with Crippen molar-refractivity contribution in [2.45, 2.75) is 103 Å². The molecule has 3 heterocycles. The van der Waals surface area contributed by atoms with Crippen molar-refractivity contribution in [2.75, 3.05) is 6.54 Å². The largest absolute Gasteiger partial charge is 0.444 e. The monoisotopic (exact) mass is 662 g/mol. The zero-order valence-electron chi connectivity index (χ0n) is 29.2. The van der Waals surface area contributed by atoms with Crippen LogP contribution in [0.15, 0.2) is 60.8 Å². The van der Waals surface area contributed by atoms with Gasteiger partial charge in [0.05, 0.1) is 29.0 Å². The molecule has 10 heteroatoms. The van der Waals surface area contributed by atoms with Crippen LogP contribution in [0.25, 0.3) is 44.2 Å². The number of alkyl carbamates (subject to hydrolysis) is 1. The van der Waals surface area contributed by atoms with Gasteiger partial charge in [0.15, 0.2) is 0 Å². The van der Waals surface area contributed by atoms with Crippen molar-refractivity contribution in [1.29, 1.82) is 0 Å². The van der Waals surface area contributed by atoms with Gasteiger partial charge in [-0.25, -0.2) is 19.6 Å². The van der Waals surface area contributed by atoms with Crippen LogP contribution in [0.5, 0.6) is 0 Å². The van der Waals surface area contributed by atoms with Crippen molar-refractivity contribution in [3.8, 4) is 22.4 Å². The minimum absolute atomic E-state index is 0.00616. The summed E-state index contributed by atoms with van der Waals surface area (Å²) in [5.74, 6) is 1.82. The average Bonchev–Trinajstić information content (AvgIpc) is 3.84. The normalized spacial score (nSPS) is 19.9. The number of hydrogen-bond donors (Lipinski definition) is 3. The topological polar surface area (TPSA) is 125 Å². The molecule has 0 unspecified atom stereocenters. The van der Waals surface area contributed by atoms with Crippen LogP contribution in [0.4, 0.5) is 9.59 Å². The summed E-state index contributed by atoms with van der Waals surface area (Å²) in [5, 5.41) is 5.27. The summed E-state index contributed by atoms with van der Waals surface area (Å²) < 4.78 is 11.2. The van der Waals surface area contributed by atoms with Crippen molar-refractivity contribution in [3.63, 3.8) is 0 Å². The molecule has 2 amide bonds. The number of H-pyrrole nitrogens is 2. The van der Waals surface area contributed by atoms with Gasteiger partial charge in [-0.1, -0.05) is 48.9 Å². The smallest absolute Gasteiger partial charge is 0.410 e. The number of amides is 2. The third-order valence-electron chi connectivity index (χ3n) is 9.38. The molecule has 3 aromatic carbocycles. The summed E-state index contributed by atoms with van der Waals surface area (Å²) in [6, 6.07) is 19.0. The third kappa shape index (κ3) is 7.00. The van der Waals surface area contributed by atoms with Gasteiger partial charge in [-0.3, -0.25) is 4.90 Å². The Hall–Kier alpha value is -4.86. The van der Waals surface area contributed by atoms with Crippen LogP contribution in [-0.4, -0.2) is 60.8 Å². The van der Waals surface area contributed by atoms with Crippen LogP contribution < -0.4 is 5.32 Å². The van der Waals surface area contributed by atoms with E-state index < -0.39 is 11.2 Å². The Bertz CT molecular complexity index is 2000. The summed E-state index contributed by atoms with van der Waals surface area (Å²) in [6.45, 7) is 12.0. The molecule has 3 N–H and O–H groups in total. The number of imidazole rings is 2. The first-order chi connectivity index (χ1) is 23.3. The fourth-order valence-corrected chi connectivity index (χ4v) is 7.19. The molecule has 2 aliphatic rings. The van der Waals surface area contributed by atoms with E-state index in [-0.39, 0.29) is 30.2 Å². The number of likely N-dealkylation sites (tertiary alicyclic amines) is 1. The van der Waals surface area contributed by atoms with Gasteiger partial charge in [0.1, 0.15) is 22.9 Å². The van der Waals surface area contributed by atoms with Gasteiger partial charge in [0, 0.05) is 23.9 Å². The van der Waals surface area contributed by atoms with Crippen LogP contribution in [-0.2, 0) is 9.47 Å². The third-order valence-corrected chi connectivity index (χ3v) is 9.38. The molecule has 1 aliphatic carbocycles. The number of carbonyl (C=O) groups excluding carboxylic acids is 2. The van der Waals surface area contributed by atoms with Gasteiger partial charge in [-0.2, -0.15) is 0 Å². The molecule has 0 radical (unpaired) electrons. The SMILES string of the molecule is CC(C)(C)OC(=O)N[C@@H]1CCC[C@H]1c1ncc(-c2ccc(-c3ccc4c(ccc5nc([C@@H]6CCCN6C(=O)OC(C)(C)C)[nH]c54)c3)cc2)[nH]1. The molecule has 1 saturated heterocycles. The highest BCUT2D eigenvalue weighted by Crippen LogP contribution is 2.37. The molecule has 2 fully saturated rings. The van der Waals surface area contributed by atoms with Crippen LogP contribution in [0.2, 0.25) is 0 Å². The second kappa shape index (κ2) is 12.5. The van der Waals surface area contributed by atoms with E-state index in [9.17, 15) is 9.59 Å². The van der Waals surface area contributed by atoms with Crippen molar-refractivity contribution >= 4 is 34.0 Å². The van der Waals surface area contributed by atoms with Gasteiger partial charge in [-0.05, 0) is 101 Å². The van der Waals surface area contributed by atoms with Gasteiger partial charge >= 0.3 is 12.2 Å². The van der Waals surface area contributed by atoms with Gasteiger partial charge in [0.25, 0.3) is 0 Å². The summed E-state index contributed by atoms with van der Waals surface area (Å²) >= 11 is 0. The maximum Gasteiger partial charge on any atom is 0.410 e. The van der Waals surface area contributed by atoms with E-state index in [0.29, 0.717) is 6.54 Å². The number of nitrogens with zero attached hydrogens (tertiary/aromatic N) is 3. The molecule has 7 rings (SSSR count). The molecule has 1 saturated carbocycles. The fraction of sp³-hybridized carbons (Fsp3) is 0.436. The van der Waals surface area contributed by atoms with E-state index in [0.717, 1.165) is 87.9 Å². The van der Waals surface area contributed by atoms with E-state index in [4.69, 9.17) is 19.4 Å². The number of rotatable bonds is 5. The molecule has 10 nitrogen and oxygen atoms in total. The summed E-state index contributed by atoms with van der Waals surface area (Å²) in [7, 11) is 0. The van der Waals surface area contributed by atoms with Gasteiger partial charge in [-0.15, -0.1) is 0 Å². The quantitative estimate of drug-likeness (QED) is 0.173. The minimum Gasteiger partial charge on any atom is -0.444 e. The summed E-state index contributed by atoms with van der Waals surface area (Å²) in [5.41, 5.74) is 5.03. The zero-order chi connectivity index (χ0) is 34.5. The molecule has 3 atom stereocenters. The average molecular weight is 663 g/mol. The van der Waals surface area contributed by atoms with Crippen LogP contribution in [0.3, 0.4) is 0 Å². The molecule has 256 valence electrons. The van der Waals surface area contributed by atoms with Crippen LogP contribution in [0.1, 0.15) is 97.3 Å². The number of benzene rings is 3. The first-order valence-corrected chi connectivity index (χ1v) is 17.4. The van der Waals surface area contributed by atoms with Gasteiger partial charge in [0.2, 0.25) is 0 Å². The van der Waals surface area contributed by atoms with Crippen molar-refractivity contribution in [1.82, 2.24) is 30.2 Å². The van der Waals surface area contributed by atoms with Crippen LogP contribution in [0, 0.1) is 0 Å². The Labute approximate surface area is 287 Å². The molecule has 5 aromatic rings. The lowest BCUT2D eigenvalue weighted by Crippen LogP contribution is -2.40. The predicted octanol–water partition coefficient (Wildman–Crippen LogP) is 9.01. The minimum atomic E-state index is -0.544. The molecular weight excluding hydrogens is 616 g/mol. The van der Waals surface area contributed by atoms with E-state index in [1.807, 2.05) is 53.8 Å². The number of fused-ring (bicyclic) bond motifs is 3. The van der Waals surface area contributed by atoms with Crippen molar-refractivity contribution in [2.24, 2.45) is 0 Å². The Morgan fingerprint density at radius 2 is 1.55 bits per heavy atom. The maximum atomic E-state index is 12.9. The van der Waals surface area contributed by atoms with E-state index in [1.165, 1.54) is 0 Å². The number of carbonyl (C=O) groups is 2. The zero-order valence-corrected chi connectivity index (χ0v) is 29.2. The first-order valence-electron chi connectivity index (χ1n) is 17.4. The number of ether oxygens (including phenoxy) is 2. The Morgan fingerprint density at radius 1 is 0.816 bits per heavy atom. The van der Waals surface area contributed by atoms with Gasteiger partial charge < -0.3 is 24.8 Å². The Morgan fingerprint density at radius 3 is 2.31 bits per heavy atom. The lowest BCUT2D eigenvalue weighted by Gasteiger charge is -2.27. The summed E-state index contributed by atoms with van der Waals surface area (Å²) in [6.07, 6.45) is 5.87. The predicted molar refractivity (Wildman–Crippen MR) is 191 cm³/mol. The maximum absolute atomic E-state index is 12.9. The number of aromatic amines is 2. The Kier molecular flexibility index (Phi) is 8.37. The number of nitrogens with one attached hydrogen (secondary N) is 3. The second-order valence-electron chi connectivity index (χ2n) is 15.4. The molecule has 49 heavy (non-hydrogen) atoms. The van der Waals surface area contributed by atoms with E-state index in [2.05, 4.69) is 63.8 Å². The first kappa shape index (κ1) is 32.7. The number of aromatic nitrogens is 4. The highest BCUT2D eigenvalue weighted by molar-refractivity contribution is 6.05. The molecule has 2 aromatic heterocycles. The number of hydrogen-bond acceptors (Lipinski definition) is 6. The Balaban J connectivity index is 1.07. The molecule has 0 bridgehead atoms. The van der Waals surface area contributed by atoms with Crippen molar-refractivity contribution in [3.05, 3.63) is 72.4 Å². The standard InChI is InChI=1S/C39H46N6O4/c1-38(2,3)48-36(46)43-29-10-7-9-28(29)34-40-22-31(42-34)24-14-12-23(13-15-24)25-16-18-27-26(21-25)17-19-30-33(27)44-35(41-30)32-11-8-20-45(32)37(47)49-39(4,5)6/h12-19,21-22,28-29,32H,7-11,20H2,1-6H3,(H,40,42)(H,41,44)(H,43,46)/t28-,29-,32+/m1/s1. The second-order valence-corrected chi connectivity index (χ2v) is 15.4. The molecular formula is C39H46N6O4. The summed E-state index contributed by atoms with van der Waals surface area (Å²) in [4.78, 5) is 43.9. The molecule has 0 spiro atoms. The van der Waals surface area contributed by atoms with Crippen LogP contribution >= 0.6 is 0 Å². The molecule has 1 aliphatic heterocycles. The highest BCUT2D eigenvalue weighted by Gasteiger charge is 2.35. The lowest BCUT2D eigenvalue weighted by atomic mass is 9.99. The lowest BCUT2D eigenvalue weighted by molar-refractivity contribution is 0.0218.